The van der Waals surface area contributed by atoms with Crippen LogP contribution in [0, 0.1) is 13.8 Å². The van der Waals surface area contributed by atoms with E-state index in [0.717, 1.165) is 28.8 Å². The van der Waals surface area contributed by atoms with Gasteiger partial charge in [-0.25, -0.2) is 0 Å². The lowest BCUT2D eigenvalue weighted by Gasteiger charge is -2.15. The molecule has 5 rings (SSSR count). The van der Waals surface area contributed by atoms with Crippen LogP contribution < -0.4 is 9.50 Å². The molecule has 0 amide bonds. The Hall–Kier alpha value is -2.79. The Balaban J connectivity index is 1.57. The molecule has 3 aromatic carbocycles. The third-order valence-electron chi connectivity index (χ3n) is 5.79. The third kappa shape index (κ3) is 2.61. The summed E-state index contributed by atoms with van der Waals surface area (Å²) in [4.78, 5) is 0.165. The molecule has 142 valence electrons. The van der Waals surface area contributed by atoms with E-state index in [-0.39, 0.29) is 16.9 Å². The number of fused-ring (bicyclic) bond motifs is 5. The van der Waals surface area contributed by atoms with E-state index >= 15 is 0 Å². The lowest BCUT2D eigenvalue weighted by atomic mass is 9.92. The summed E-state index contributed by atoms with van der Waals surface area (Å²) in [5, 5.41) is 3.55. The molecule has 1 aliphatic heterocycles. The number of benzene rings is 3. The first-order chi connectivity index (χ1) is 13.4. The molecule has 0 unspecified atom stereocenters. The minimum Gasteiger partial charge on any atom is -0.378 e. The van der Waals surface area contributed by atoms with Crippen molar-refractivity contribution >= 4 is 15.8 Å². The molecule has 5 heteroatoms. The van der Waals surface area contributed by atoms with Crippen LogP contribution >= 0.6 is 0 Å². The summed E-state index contributed by atoms with van der Waals surface area (Å²) >= 11 is 0. The van der Waals surface area contributed by atoms with Gasteiger partial charge in [-0.15, -0.1) is 0 Å². The molecule has 0 radical (unpaired) electrons. The maximum absolute atomic E-state index is 12.9. The Morgan fingerprint density at radius 3 is 2.46 bits per heavy atom. The van der Waals surface area contributed by atoms with Gasteiger partial charge in [0.2, 0.25) is 0 Å². The minimum atomic E-state index is -3.90. The van der Waals surface area contributed by atoms with Crippen molar-refractivity contribution < 1.29 is 12.6 Å². The monoisotopic (exact) mass is 391 g/mol. The second-order valence-electron chi connectivity index (χ2n) is 7.66. The molecule has 0 spiro atoms. The molecule has 2 aliphatic rings. The molecule has 0 saturated carbocycles. The van der Waals surface area contributed by atoms with Gasteiger partial charge in [-0.3, -0.25) is 0 Å². The molecule has 28 heavy (non-hydrogen) atoms. The Bertz CT molecular complexity index is 1180. The number of anilines is 1. The number of rotatable bonds is 3. The lowest BCUT2D eigenvalue weighted by Crippen LogP contribution is -2.17. The van der Waals surface area contributed by atoms with Gasteiger partial charge in [0.15, 0.2) is 5.75 Å². The molecule has 0 saturated heterocycles. The fraction of sp³-hybridized carbons (Fsp3) is 0.217. The molecule has 0 fully saturated rings. The van der Waals surface area contributed by atoms with Crippen molar-refractivity contribution in [2.24, 2.45) is 0 Å². The van der Waals surface area contributed by atoms with Crippen molar-refractivity contribution in [1.29, 1.82) is 0 Å². The second-order valence-corrected chi connectivity index (χ2v) is 9.20. The largest absolute Gasteiger partial charge is 0.378 e. The zero-order valence-electron chi connectivity index (χ0n) is 15.8. The standard InChI is InChI=1S/C23H21NO3S/c1-14-7-10-17(11-8-14)28(25,26)27-23-15(2)9-12-19-21-18-6-4-3-5-16(18)13-20(21)24-22(19)23/h3-12,20-21,24H,13H2,1-2H3/t20-,21+/m1/s1. The average Bonchev–Trinajstić information content (AvgIpc) is 3.20. The van der Waals surface area contributed by atoms with Crippen LogP contribution in [0.3, 0.4) is 0 Å². The first kappa shape index (κ1) is 17.3. The Kier molecular flexibility index (Phi) is 3.78. The molecule has 1 heterocycles. The van der Waals surface area contributed by atoms with Crippen LogP contribution in [-0.4, -0.2) is 14.5 Å². The van der Waals surface area contributed by atoms with Gasteiger partial charge in [-0.05, 0) is 54.7 Å². The first-order valence-electron chi connectivity index (χ1n) is 9.43. The Morgan fingerprint density at radius 2 is 1.68 bits per heavy atom. The van der Waals surface area contributed by atoms with Gasteiger partial charge in [-0.2, -0.15) is 8.42 Å². The zero-order chi connectivity index (χ0) is 19.5. The van der Waals surface area contributed by atoms with Crippen molar-refractivity contribution in [3.63, 3.8) is 0 Å². The molecular formula is C23H21NO3S. The van der Waals surface area contributed by atoms with E-state index in [2.05, 4.69) is 35.6 Å². The van der Waals surface area contributed by atoms with Crippen LogP contribution in [0.2, 0.25) is 0 Å². The predicted molar refractivity (Wildman–Crippen MR) is 110 cm³/mol. The molecule has 1 aliphatic carbocycles. The summed E-state index contributed by atoms with van der Waals surface area (Å²) < 4.78 is 31.4. The maximum atomic E-state index is 12.9. The van der Waals surface area contributed by atoms with Crippen molar-refractivity contribution in [3.8, 4) is 5.75 Å². The number of aryl methyl sites for hydroxylation is 2. The highest BCUT2D eigenvalue weighted by atomic mass is 32.2. The van der Waals surface area contributed by atoms with Crippen LogP contribution in [0.15, 0.2) is 65.6 Å². The van der Waals surface area contributed by atoms with Gasteiger partial charge >= 0.3 is 10.1 Å². The SMILES string of the molecule is Cc1ccc(S(=O)(=O)Oc2c(C)ccc3c2N[C@@H]2Cc4ccccc4[C@@H]32)cc1. The van der Waals surface area contributed by atoms with E-state index < -0.39 is 10.1 Å². The van der Waals surface area contributed by atoms with E-state index in [0.29, 0.717) is 5.75 Å². The Labute approximate surface area is 165 Å². The van der Waals surface area contributed by atoms with Crippen LogP contribution in [0.4, 0.5) is 5.69 Å². The van der Waals surface area contributed by atoms with Gasteiger partial charge in [0.05, 0.1) is 5.69 Å². The summed E-state index contributed by atoms with van der Waals surface area (Å²) in [5.41, 5.74) is 6.38. The fourth-order valence-electron chi connectivity index (χ4n) is 4.38. The molecule has 0 bridgehead atoms. The van der Waals surface area contributed by atoms with Crippen LogP contribution in [-0.2, 0) is 16.5 Å². The highest BCUT2D eigenvalue weighted by molar-refractivity contribution is 7.87. The topological polar surface area (TPSA) is 55.4 Å². The van der Waals surface area contributed by atoms with E-state index in [4.69, 9.17) is 4.18 Å². The predicted octanol–water partition coefficient (Wildman–Crippen LogP) is 4.55. The Morgan fingerprint density at radius 1 is 0.929 bits per heavy atom. The lowest BCUT2D eigenvalue weighted by molar-refractivity contribution is 0.485. The average molecular weight is 391 g/mol. The molecule has 1 N–H and O–H groups in total. The van der Waals surface area contributed by atoms with E-state index in [1.54, 1.807) is 24.3 Å². The molecular weight excluding hydrogens is 370 g/mol. The molecule has 3 aromatic rings. The summed E-state index contributed by atoms with van der Waals surface area (Å²) in [6.07, 6.45) is 0.929. The van der Waals surface area contributed by atoms with E-state index in [9.17, 15) is 8.42 Å². The molecule has 0 aromatic heterocycles. The number of hydrogen-bond donors (Lipinski definition) is 1. The van der Waals surface area contributed by atoms with Gasteiger partial charge in [0.25, 0.3) is 0 Å². The summed E-state index contributed by atoms with van der Waals surface area (Å²) in [7, 11) is -3.90. The van der Waals surface area contributed by atoms with Crippen molar-refractivity contribution in [3.05, 3.63) is 88.5 Å². The molecule has 4 nitrogen and oxygen atoms in total. The molecule has 2 atom stereocenters. The van der Waals surface area contributed by atoms with E-state index in [1.807, 2.05) is 19.9 Å². The zero-order valence-corrected chi connectivity index (χ0v) is 16.6. The van der Waals surface area contributed by atoms with Gasteiger partial charge in [-0.1, -0.05) is 54.1 Å². The smallest absolute Gasteiger partial charge is 0.339 e. The van der Waals surface area contributed by atoms with Gasteiger partial charge < -0.3 is 9.50 Å². The first-order valence-corrected chi connectivity index (χ1v) is 10.8. The second kappa shape index (κ2) is 6.11. The van der Waals surface area contributed by atoms with Crippen molar-refractivity contribution in [2.75, 3.05) is 5.32 Å². The van der Waals surface area contributed by atoms with Gasteiger partial charge in [0, 0.05) is 12.0 Å². The third-order valence-corrected chi connectivity index (χ3v) is 7.02. The fourth-order valence-corrected chi connectivity index (χ4v) is 5.38. The summed E-state index contributed by atoms with van der Waals surface area (Å²) in [6.45, 7) is 3.80. The van der Waals surface area contributed by atoms with Crippen LogP contribution in [0.25, 0.3) is 0 Å². The maximum Gasteiger partial charge on any atom is 0.339 e. The summed E-state index contributed by atoms with van der Waals surface area (Å²) in [6, 6.07) is 19.5. The van der Waals surface area contributed by atoms with Gasteiger partial charge in [0.1, 0.15) is 4.90 Å². The number of nitrogens with one attached hydrogen (secondary N) is 1. The van der Waals surface area contributed by atoms with Crippen LogP contribution in [0.5, 0.6) is 5.75 Å². The normalized spacial score (nSPS) is 19.5. The highest BCUT2D eigenvalue weighted by Crippen LogP contribution is 2.51. The number of hydrogen-bond acceptors (Lipinski definition) is 4. The highest BCUT2D eigenvalue weighted by Gasteiger charge is 2.41. The quantitative estimate of drug-likeness (QED) is 0.666. The van der Waals surface area contributed by atoms with Crippen LogP contribution in [0.1, 0.15) is 33.7 Å². The minimum absolute atomic E-state index is 0.165. The van der Waals surface area contributed by atoms with Crippen molar-refractivity contribution in [2.45, 2.75) is 37.1 Å². The van der Waals surface area contributed by atoms with Crippen molar-refractivity contribution in [1.82, 2.24) is 0 Å². The van der Waals surface area contributed by atoms with E-state index in [1.165, 1.54) is 11.1 Å². The summed E-state index contributed by atoms with van der Waals surface area (Å²) in [5.74, 6) is 0.640.